The Morgan fingerprint density at radius 2 is 1.81 bits per heavy atom. The lowest BCUT2D eigenvalue weighted by Gasteiger charge is -2.23. The summed E-state index contributed by atoms with van der Waals surface area (Å²) in [6.45, 7) is 2.21. The van der Waals surface area contributed by atoms with Gasteiger partial charge in [-0.1, -0.05) is 44.0 Å². The van der Waals surface area contributed by atoms with E-state index in [1.54, 1.807) is 0 Å². The van der Waals surface area contributed by atoms with Crippen LogP contribution in [0.1, 0.15) is 49.8 Å². The second kappa shape index (κ2) is 5.49. The maximum absolute atomic E-state index is 3.50. The summed E-state index contributed by atoms with van der Waals surface area (Å²) in [6, 6.07) is 9.72. The minimum Gasteiger partial charge on any atom is -0.313 e. The summed E-state index contributed by atoms with van der Waals surface area (Å²) in [5, 5.41) is 3.50. The number of hydrogen-bond donors (Lipinski definition) is 1. The molecule has 0 aromatic heterocycles. The highest BCUT2D eigenvalue weighted by Crippen LogP contribution is 2.35. The van der Waals surface area contributed by atoms with Crippen molar-refractivity contribution in [2.24, 2.45) is 5.92 Å². The Balaban J connectivity index is 2.12. The van der Waals surface area contributed by atoms with Crippen molar-refractivity contribution in [3.05, 3.63) is 35.4 Å². The van der Waals surface area contributed by atoms with Crippen molar-refractivity contribution in [2.75, 3.05) is 7.05 Å². The van der Waals surface area contributed by atoms with Gasteiger partial charge >= 0.3 is 0 Å². The second-order valence-electron chi connectivity index (χ2n) is 4.91. The smallest absolute Gasteiger partial charge is 0.0346 e. The highest BCUT2D eigenvalue weighted by Gasteiger charge is 2.24. The molecule has 1 unspecified atom stereocenters. The zero-order valence-corrected chi connectivity index (χ0v) is 10.5. The molecular formula is C15H23N. The lowest BCUT2D eigenvalue weighted by Crippen LogP contribution is -2.23. The minimum absolute atomic E-state index is 0.563. The van der Waals surface area contributed by atoms with E-state index in [2.05, 4.69) is 43.6 Å². The van der Waals surface area contributed by atoms with E-state index >= 15 is 0 Å². The third-order valence-corrected chi connectivity index (χ3v) is 3.93. The van der Waals surface area contributed by atoms with E-state index in [1.807, 2.05) is 0 Å². The third kappa shape index (κ3) is 2.46. The van der Waals surface area contributed by atoms with Crippen molar-refractivity contribution in [1.29, 1.82) is 0 Å². The Morgan fingerprint density at radius 1 is 1.19 bits per heavy atom. The van der Waals surface area contributed by atoms with Gasteiger partial charge in [-0.15, -0.1) is 0 Å². The minimum atomic E-state index is 0.563. The van der Waals surface area contributed by atoms with Crippen LogP contribution < -0.4 is 5.32 Å². The van der Waals surface area contributed by atoms with E-state index in [1.165, 1.54) is 36.8 Å². The van der Waals surface area contributed by atoms with Crippen molar-refractivity contribution in [1.82, 2.24) is 5.32 Å². The van der Waals surface area contributed by atoms with Gasteiger partial charge in [-0.2, -0.15) is 0 Å². The first kappa shape index (κ1) is 11.7. The molecule has 1 aliphatic rings. The summed E-state index contributed by atoms with van der Waals surface area (Å²) in [5.74, 6) is 0.845. The number of rotatable bonds is 4. The largest absolute Gasteiger partial charge is 0.313 e. The molecule has 0 heterocycles. The molecule has 1 aliphatic carbocycles. The van der Waals surface area contributed by atoms with Gasteiger partial charge in [0.05, 0.1) is 0 Å². The Labute approximate surface area is 99.3 Å². The molecular weight excluding hydrogens is 194 g/mol. The number of aryl methyl sites for hydroxylation is 1. The van der Waals surface area contributed by atoms with Crippen LogP contribution >= 0.6 is 0 Å². The van der Waals surface area contributed by atoms with E-state index in [0.717, 1.165) is 12.3 Å². The predicted molar refractivity (Wildman–Crippen MR) is 69.6 cm³/mol. The zero-order valence-electron chi connectivity index (χ0n) is 10.5. The van der Waals surface area contributed by atoms with Crippen LogP contribution in [0.4, 0.5) is 0 Å². The molecule has 0 radical (unpaired) electrons. The lowest BCUT2D eigenvalue weighted by molar-refractivity contribution is 0.390. The van der Waals surface area contributed by atoms with Crippen LogP contribution in [0.5, 0.6) is 0 Å². The monoisotopic (exact) mass is 217 g/mol. The molecule has 0 saturated heterocycles. The van der Waals surface area contributed by atoms with Crippen LogP contribution in [-0.2, 0) is 6.42 Å². The Morgan fingerprint density at radius 3 is 2.31 bits per heavy atom. The van der Waals surface area contributed by atoms with Crippen molar-refractivity contribution in [2.45, 2.75) is 45.1 Å². The highest BCUT2D eigenvalue weighted by atomic mass is 14.9. The quantitative estimate of drug-likeness (QED) is 0.811. The summed E-state index contributed by atoms with van der Waals surface area (Å²) in [7, 11) is 2.09. The predicted octanol–water partition coefficient (Wildman–Crippen LogP) is 3.70. The molecule has 2 rings (SSSR count). The van der Waals surface area contributed by atoms with Gasteiger partial charge in [0.15, 0.2) is 0 Å². The summed E-state index contributed by atoms with van der Waals surface area (Å²) in [4.78, 5) is 0. The first-order valence-corrected chi connectivity index (χ1v) is 6.61. The van der Waals surface area contributed by atoms with Gasteiger partial charge in [-0.25, -0.2) is 0 Å². The molecule has 1 aromatic rings. The van der Waals surface area contributed by atoms with Crippen LogP contribution in [0, 0.1) is 5.92 Å². The molecule has 0 amide bonds. The van der Waals surface area contributed by atoms with Gasteiger partial charge in [0.1, 0.15) is 0 Å². The fraction of sp³-hybridized carbons (Fsp3) is 0.600. The van der Waals surface area contributed by atoms with Crippen LogP contribution in [0.15, 0.2) is 24.3 Å². The van der Waals surface area contributed by atoms with Crippen molar-refractivity contribution < 1.29 is 0 Å². The molecule has 1 heteroatoms. The van der Waals surface area contributed by atoms with E-state index in [4.69, 9.17) is 0 Å². The van der Waals surface area contributed by atoms with E-state index in [9.17, 15) is 0 Å². The molecule has 1 fully saturated rings. The molecule has 88 valence electrons. The fourth-order valence-corrected chi connectivity index (χ4v) is 2.93. The van der Waals surface area contributed by atoms with E-state index in [-0.39, 0.29) is 0 Å². The fourth-order valence-electron chi connectivity index (χ4n) is 2.93. The normalized spacial score (nSPS) is 18.9. The second-order valence-corrected chi connectivity index (χ2v) is 4.91. The maximum atomic E-state index is 3.50. The Hall–Kier alpha value is -0.820. The van der Waals surface area contributed by atoms with Gasteiger partial charge in [0, 0.05) is 6.04 Å². The van der Waals surface area contributed by atoms with Gasteiger partial charge in [-0.3, -0.25) is 0 Å². The first-order chi connectivity index (χ1) is 7.85. The van der Waals surface area contributed by atoms with Gasteiger partial charge in [0.25, 0.3) is 0 Å². The molecule has 1 saturated carbocycles. The van der Waals surface area contributed by atoms with Crippen molar-refractivity contribution in [3.63, 3.8) is 0 Å². The molecule has 1 nitrogen and oxygen atoms in total. The van der Waals surface area contributed by atoms with Gasteiger partial charge in [-0.05, 0) is 43.4 Å². The Bertz CT molecular complexity index is 309. The summed E-state index contributed by atoms with van der Waals surface area (Å²) in [5.41, 5.74) is 2.90. The zero-order chi connectivity index (χ0) is 11.4. The number of benzene rings is 1. The van der Waals surface area contributed by atoms with E-state index in [0.29, 0.717) is 6.04 Å². The SMILES string of the molecule is CCc1ccc(C(NC)C2CCCC2)cc1. The van der Waals surface area contributed by atoms with Crippen molar-refractivity contribution in [3.8, 4) is 0 Å². The van der Waals surface area contributed by atoms with Gasteiger partial charge in [0.2, 0.25) is 0 Å². The number of nitrogens with one attached hydrogen (secondary N) is 1. The maximum Gasteiger partial charge on any atom is 0.0346 e. The molecule has 16 heavy (non-hydrogen) atoms. The summed E-state index contributed by atoms with van der Waals surface area (Å²) < 4.78 is 0. The first-order valence-electron chi connectivity index (χ1n) is 6.61. The van der Waals surface area contributed by atoms with Crippen LogP contribution in [0.25, 0.3) is 0 Å². The highest BCUT2D eigenvalue weighted by molar-refractivity contribution is 5.25. The average molecular weight is 217 g/mol. The van der Waals surface area contributed by atoms with Crippen LogP contribution in [0.3, 0.4) is 0 Å². The van der Waals surface area contributed by atoms with Crippen molar-refractivity contribution >= 4 is 0 Å². The standard InChI is InChI=1S/C15H23N/c1-3-12-8-10-14(11-9-12)15(16-2)13-6-4-5-7-13/h8-11,13,15-16H,3-7H2,1-2H3. The van der Waals surface area contributed by atoms with Crippen LogP contribution in [0.2, 0.25) is 0 Å². The summed E-state index contributed by atoms with van der Waals surface area (Å²) >= 11 is 0. The molecule has 1 aromatic carbocycles. The molecule has 1 N–H and O–H groups in total. The summed E-state index contributed by atoms with van der Waals surface area (Å²) in [6.07, 6.45) is 6.74. The van der Waals surface area contributed by atoms with Gasteiger partial charge < -0.3 is 5.32 Å². The molecule has 0 spiro atoms. The molecule has 0 aliphatic heterocycles. The molecule has 0 bridgehead atoms. The van der Waals surface area contributed by atoms with Crippen LogP contribution in [-0.4, -0.2) is 7.05 Å². The number of hydrogen-bond acceptors (Lipinski definition) is 1. The Kier molecular flexibility index (Phi) is 4.00. The average Bonchev–Trinajstić information content (AvgIpc) is 2.85. The van der Waals surface area contributed by atoms with E-state index < -0.39 is 0 Å². The lowest BCUT2D eigenvalue weighted by atomic mass is 9.91. The third-order valence-electron chi connectivity index (χ3n) is 3.93. The topological polar surface area (TPSA) is 12.0 Å². The molecule has 1 atom stereocenters.